The number of aryl methyl sites for hydroxylation is 1. The highest BCUT2D eigenvalue weighted by Crippen LogP contribution is 2.27. The molecule has 78 valence electrons. The zero-order valence-electron chi connectivity index (χ0n) is 9.40. The molecule has 0 aromatic heterocycles. The molecule has 0 N–H and O–H groups in total. The molecular weight excluding hydrogens is 192 g/mol. The van der Waals surface area contributed by atoms with Crippen molar-refractivity contribution in [2.75, 3.05) is 0 Å². The lowest BCUT2D eigenvalue weighted by molar-refractivity contribution is 1.44. The van der Waals surface area contributed by atoms with Gasteiger partial charge in [0, 0.05) is 0 Å². The summed E-state index contributed by atoms with van der Waals surface area (Å²) >= 11 is 0. The summed E-state index contributed by atoms with van der Waals surface area (Å²) in [5, 5.41) is 2.68. The summed E-state index contributed by atoms with van der Waals surface area (Å²) in [6.07, 6.45) is 9.93. The fraction of sp³-hybridized carbons (Fsp3) is 0.125. The van der Waals surface area contributed by atoms with Crippen molar-refractivity contribution in [1.82, 2.24) is 0 Å². The van der Waals surface area contributed by atoms with Crippen LogP contribution in [0.15, 0.2) is 42.5 Å². The maximum atomic E-state index is 2.28. The van der Waals surface area contributed by atoms with E-state index >= 15 is 0 Å². The van der Waals surface area contributed by atoms with E-state index < -0.39 is 0 Å². The molecule has 0 unspecified atom stereocenters. The Kier molecular flexibility index (Phi) is 2.14. The standard InChI is InChI=1S/C16H14/c1-12-7-8-14-10-9-13-5-3-2-4-6-15(13)16(14)11-12/h3-11H,2H2,1H3. The van der Waals surface area contributed by atoms with Crippen molar-refractivity contribution in [3.05, 3.63) is 59.2 Å². The average Bonchev–Trinajstić information content (AvgIpc) is 2.54. The molecule has 0 spiro atoms. The van der Waals surface area contributed by atoms with Gasteiger partial charge in [0.25, 0.3) is 0 Å². The van der Waals surface area contributed by atoms with Gasteiger partial charge in [0.1, 0.15) is 0 Å². The zero-order chi connectivity index (χ0) is 11.0. The van der Waals surface area contributed by atoms with Gasteiger partial charge in [-0.3, -0.25) is 0 Å². The van der Waals surface area contributed by atoms with Crippen molar-refractivity contribution in [2.24, 2.45) is 0 Å². The molecule has 0 heterocycles. The lowest BCUT2D eigenvalue weighted by atomic mass is 9.97. The van der Waals surface area contributed by atoms with E-state index in [0.717, 1.165) is 6.42 Å². The first-order valence-electron chi connectivity index (χ1n) is 5.71. The second kappa shape index (κ2) is 3.64. The second-order valence-electron chi connectivity index (χ2n) is 4.33. The Balaban J connectivity index is 2.41. The third kappa shape index (κ3) is 1.47. The van der Waals surface area contributed by atoms with Crippen LogP contribution in [0.4, 0.5) is 0 Å². The summed E-state index contributed by atoms with van der Waals surface area (Å²) in [6.45, 7) is 2.15. The third-order valence-electron chi connectivity index (χ3n) is 3.11. The van der Waals surface area contributed by atoms with Crippen molar-refractivity contribution in [3.8, 4) is 0 Å². The fourth-order valence-electron chi connectivity index (χ4n) is 2.26. The fourth-order valence-corrected chi connectivity index (χ4v) is 2.26. The number of rotatable bonds is 0. The number of benzene rings is 2. The smallest absolute Gasteiger partial charge is 0.0103 e. The molecule has 2 aromatic carbocycles. The molecule has 1 aliphatic rings. The predicted molar refractivity (Wildman–Crippen MR) is 71.4 cm³/mol. The average molecular weight is 206 g/mol. The lowest BCUT2D eigenvalue weighted by Crippen LogP contribution is -1.84. The van der Waals surface area contributed by atoms with Crippen molar-refractivity contribution >= 4 is 22.9 Å². The van der Waals surface area contributed by atoms with Gasteiger partial charge in [-0.1, -0.05) is 60.2 Å². The maximum absolute atomic E-state index is 2.28. The summed E-state index contributed by atoms with van der Waals surface area (Å²) < 4.78 is 0. The predicted octanol–water partition coefficient (Wildman–Crippen LogP) is 4.58. The highest BCUT2D eigenvalue weighted by Gasteiger charge is 2.04. The molecule has 0 heteroatoms. The maximum Gasteiger partial charge on any atom is -0.0103 e. The van der Waals surface area contributed by atoms with Crippen LogP contribution in [0.2, 0.25) is 0 Å². The van der Waals surface area contributed by atoms with E-state index in [1.807, 2.05) is 0 Å². The van der Waals surface area contributed by atoms with E-state index in [0.29, 0.717) is 0 Å². The van der Waals surface area contributed by atoms with Crippen LogP contribution >= 0.6 is 0 Å². The van der Waals surface area contributed by atoms with E-state index in [9.17, 15) is 0 Å². The summed E-state index contributed by atoms with van der Waals surface area (Å²) in [5.41, 5.74) is 4.00. The van der Waals surface area contributed by atoms with Gasteiger partial charge in [-0.05, 0) is 35.2 Å². The molecule has 0 fully saturated rings. The Morgan fingerprint density at radius 3 is 2.69 bits per heavy atom. The number of hydrogen-bond acceptors (Lipinski definition) is 0. The Morgan fingerprint density at radius 1 is 0.938 bits per heavy atom. The van der Waals surface area contributed by atoms with Gasteiger partial charge in [-0.2, -0.15) is 0 Å². The van der Waals surface area contributed by atoms with E-state index in [2.05, 4.69) is 61.6 Å². The van der Waals surface area contributed by atoms with E-state index in [-0.39, 0.29) is 0 Å². The minimum absolute atomic E-state index is 1.03. The van der Waals surface area contributed by atoms with E-state index in [1.165, 1.54) is 27.5 Å². The Labute approximate surface area is 95.9 Å². The van der Waals surface area contributed by atoms with Gasteiger partial charge in [-0.25, -0.2) is 0 Å². The van der Waals surface area contributed by atoms with Crippen molar-refractivity contribution in [1.29, 1.82) is 0 Å². The largest absolute Gasteiger partial charge is 0.0801 e. The molecule has 1 aliphatic carbocycles. The van der Waals surface area contributed by atoms with Crippen molar-refractivity contribution < 1.29 is 0 Å². The Morgan fingerprint density at radius 2 is 1.75 bits per heavy atom. The number of hydrogen-bond donors (Lipinski definition) is 0. The first-order valence-corrected chi connectivity index (χ1v) is 5.71. The number of fused-ring (bicyclic) bond motifs is 3. The van der Waals surface area contributed by atoms with Gasteiger partial charge in [0.05, 0.1) is 0 Å². The molecule has 16 heavy (non-hydrogen) atoms. The minimum atomic E-state index is 1.03. The topological polar surface area (TPSA) is 0 Å². The summed E-state index contributed by atoms with van der Waals surface area (Å²) in [5.74, 6) is 0. The Bertz CT molecular complexity index is 601. The summed E-state index contributed by atoms with van der Waals surface area (Å²) in [4.78, 5) is 0. The second-order valence-corrected chi connectivity index (χ2v) is 4.33. The molecule has 0 nitrogen and oxygen atoms in total. The monoisotopic (exact) mass is 206 g/mol. The zero-order valence-corrected chi connectivity index (χ0v) is 9.40. The highest BCUT2D eigenvalue weighted by atomic mass is 14.1. The molecule has 0 saturated heterocycles. The first-order chi connectivity index (χ1) is 7.84. The van der Waals surface area contributed by atoms with Gasteiger partial charge in [-0.15, -0.1) is 0 Å². The molecular formula is C16H14. The van der Waals surface area contributed by atoms with E-state index in [4.69, 9.17) is 0 Å². The SMILES string of the molecule is Cc1ccc2ccc3c(c2c1)C=CCC=C3. The molecule has 0 radical (unpaired) electrons. The van der Waals surface area contributed by atoms with Gasteiger partial charge in [0.15, 0.2) is 0 Å². The first kappa shape index (κ1) is 9.41. The molecule has 0 bridgehead atoms. The van der Waals surface area contributed by atoms with Gasteiger partial charge < -0.3 is 0 Å². The van der Waals surface area contributed by atoms with Crippen LogP contribution in [-0.4, -0.2) is 0 Å². The normalized spacial score (nSPS) is 13.8. The lowest BCUT2D eigenvalue weighted by Gasteiger charge is -2.07. The van der Waals surface area contributed by atoms with Gasteiger partial charge in [0.2, 0.25) is 0 Å². The molecule has 2 aromatic rings. The van der Waals surface area contributed by atoms with Crippen LogP contribution in [0, 0.1) is 6.92 Å². The van der Waals surface area contributed by atoms with Crippen LogP contribution in [0.1, 0.15) is 23.1 Å². The molecule has 0 amide bonds. The van der Waals surface area contributed by atoms with Crippen LogP contribution in [0.3, 0.4) is 0 Å². The van der Waals surface area contributed by atoms with Crippen molar-refractivity contribution in [2.45, 2.75) is 13.3 Å². The quantitative estimate of drug-likeness (QED) is 0.592. The van der Waals surface area contributed by atoms with E-state index in [1.54, 1.807) is 0 Å². The highest BCUT2D eigenvalue weighted by molar-refractivity contribution is 5.94. The molecule has 3 rings (SSSR count). The van der Waals surface area contributed by atoms with Gasteiger partial charge >= 0.3 is 0 Å². The third-order valence-corrected chi connectivity index (χ3v) is 3.11. The number of allylic oxidation sites excluding steroid dienone is 2. The summed E-state index contributed by atoms with van der Waals surface area (Å²) in [6, 6.07) is 11.1. The molecule has 0 atom stereocenters. The Hall–Kier alpha value is -1.82. The molecule has 0 saturated carbocycles. The summed E-state index contributed by atoms with van der Waals surface area (Å²) in [7, 11) is 0. The van der Waals surface area contributed by atoms with Crippen molar-refractivity contribution in [3.63, 3.8) is 0 Å². The molecule has 0 aliphatic heterocycles. The van der Waals surface area contributed by atoms with Crippen LogP contribution < -0.4 is 0 Å². The van der Waals surface area contributed by atoms with Crippen LogP contribution in [-0.2, 0) is 0 Å². The minimum Gasteiger partial charge on any atom is -0.0801 e. The van der Waals surface area contributed by atoms with Crippen LogP contribution in [0.25, 0.3) is 22.9 Å². The van der Waals surface area contributed by atoms with Crippen LogP contribution in [0.5, 0.6) is 0 Å².